The first-order chi connectivity index (χ1) is 8.15. The number of nitrogens with one attached hydrogen (secondary N) is 1. The number of anilines is 2. The molecule has 0 aromatic carbocycles. The number of hydrogen-bond acceptors (Lipinski definition) is 4. The molecule has 0 radical (unpaired) electrons. The maximum atomic E-state index is 4.47. The van der Waals surface area contributed by atoms with Crippen LogP contribution in [0.5, 0.6) is 0 Å². The highest BCUT2D eigenvalue weighted by Gasteiger charge is 2.34. The van der Waals surface area contributed by atoms with E-state index in [0.29, 0.717) is 5.41 Å². The Morgan fingerprint density at radius 3 is 2.71 bits per heavy atom. The van der Waals surface area contributed by atoms with Crippen molar-refractivity contribution in [1.29, 1.82) is 0 Å². The molecule has 1 fully saturated rings. The Morgan fingerprint density at radius 1 is 1.41 bits per heavy atom. The quantitative estimate of drug-likeness (QED) is 0.850. The van der Waals surface area contributed by atoms with Crippen LogP contribution in [0.2, 0.25) is 0 Å². The van der Waals surface area contributed by atoms with E-state index < -0.39 is 0 Å². The third-order valence-electron chi connectivity index (χ3n) is 3.88. The van der Waals surface area contributed by atoms with Crippen LogP contribution in [0, 0.1) is 5.41 Å². The Labute approximate surface area is 103 Å². The largest absolute Gasteiger partial charge is 0.363 e. The second-order valence-corrected chi connectivity index (χ2v) is 5.19. The molecule has 4 heteroatoms. The third-order valence-corrected chi connectivity index (χ3v) is 3.88. The van der Waals surface area contributed by atoms with Crippen LogP contribution >= 0.6 is 0 Å². The van der Waals surface area contributed by atoms with E-state index in [4.69, 9.17) is 0 Å². The van der Waals surface area contributed by atoms with Gasteiger partial charge in [-0.15, -0.1) is 0 Å². The van der Waals surface area contributed by atoms with Crippen LogP contribution < -0.4 is 10.2 Å². The lowest BCUT2D eigenvalue weighted by molar-refractivity contribution is 0.144. The van der Waals surface area contributed by atoms with E-state index in [1.165, 1.54) is 25.7 Å². The second kappa shape index (κ2) is 4.90. The maximum absolute atomic E-state index is 4.47. The molecule has 0 aliphatic heterocycles. The second-order valence-electron chi connectivity index (χ2n) is 5.19. The summed E-state index contributed by atoms with van der Waals surface area (Å²) in [7, 11) is 3.98. The summed E-state index contributed by atoms with van der Waals surface area (Å²) >= 11 is 0. The molecule has 4 nitrogen and oxygen atoms in total. The van der Waals surface area contributed by atoms with Gasteiger partial charge in [-0.05, 0) is 30.7 Å². The molecular weight excluding hydrogens is 212 g/mol. The highest BCUT2D eigenvalue weighted by atomic mass is 15.2. The molecular formula is C13H22N4. The van der Waals surface area contributed by atoms with Crippen LogP contribution in [-0.4, -0.2) is 30.6 Å². The van der Waals surface area contributed by atoms with Crippen LogP contribution in [-0.2, 0) is 0 Å². The fourth-order valence-corrected chi connectivity index (χ4v) is 2.28. The minimum Gasteiger partial charge on any atom is -0.363 e. The predicted molar refractivity (Wildman–Crippen MR) is 71.4 cm³/mol. The summed E-state index contributed by atoms with van der Waals surface area (Å²) in [6.07, 6.45) is 7.10. The van der Waals surface area contributed by atoms with Crippen molar-refractivity contribution in [2.45, 2.75) is 32.6 Å². The summed E-state index contributed by atoms with van der Waals surface area (Å²) < 4.78 is 0. The first-order valence-corrected chi connectivity index (χ1v) is 6.39. The average molecular weight is 234 g/mol. The molecule has 1 saturated carbocycles. The lowest BCUT2D eigenvalue weighted by Crippen LogP contribution is -2.36. The van der Waals surface area contributed by atoms with E-state index >= 15 is 0 Å². The molecule has 0 saturated heterocycles. The first kappa shape index (κ1) is 12.1. The Bertz CT molecular complexity index is 366. The van der Waals surface area contributed by atoms with Crippen molar-refractivity contribution in [3.05, 3.63) is 12.3 Å². The van der Waals surface area contributed by atoms with Crippen LogP contribution in [0.1, 0.15) is 32.6 Å². The van der Waals surface area contributed by atoms with Crippen molar-refractivity contribution in [3.63, 3.8) is 0 Å². The van der Waals surface area contributed by atoms with Crippen LogP contribution in [0.15, 0.2) is 12.3 Å². The summed E-state index contributed by atoms with van der Waals surface area (Å²) in [5, 5.41) is 3.38. The zero-order chi connectivity index (χ0) is 12.3. The summed E-state index contributed by atoms with van der Waals surface area (Å²) in [5.74, 6) is 1.69. The molecule has 0 atom stereocenters. The Balaban J connectivity index is 1.96. The van der Waals surface area contributed by atoms with Crippen LogP contribution in [0.3, 0.4) is 0 Å². The van der Waals surface area contributed by atoms with Gasteiger partial charge >= 0.3 is 0 Å². The van der Waals surface area contributed by atoms with E-state index in [-0.39, 0.29) is 0 Å². The highest BCUT2D eigenvalue weighted by Crippen LogP contribution is 2.43. The normalized spacial score (nSPS) is 17.4. The monoisotopic (exact) mass is 234 g/mol. The van der Waals surface area contributed by atoms with Gasteiger partial charge in [0.05, 0.1) is 0 Å². The Kier molecular flexibility index (Phi) is 3.50. The molecule has 17 heavy (non-hydrogen) atoms. The van der Waals surface area contributed by atoms with Crippen molar-refractivity contribution >= 4 is 11.8 Å². The third kappa shape index (κ3) is 2.68. The van der Waals surface area contributed by atoms with Crippen molar-refractivity contribution < 1.29 is 0 Å². The van der Waals surface area contributed by atoms with Crippen molar-refractivity contribution in [1.82, 2.24) is 9.97 Å². The van der Waals surface area contributed by atoms with Gasteiger partial charge < -0.3 is 10.2 Å². The molecule has 1 heterocycles. The van der Waals surface area contributed by atoms with Crippen molar-refractivity contribution in [3.8, 4) is 0 Å². The summed E-state index contributed by atoms with van der Waals surface area (Å²) in [6.45, 7) is 3.28. The van der Waals surface area contributed by atoms with Gasteiger partial charge in [-0.3, -0.25) is 0 Å². The number of rotatable bonds is 5. The maximum Gasteiger partial charge on any atom is 0.224 e. The van der Waals surface area contributed by atoms with Gasteiger partial charge in [0.25, 0.3) is 0 Å². The molecule has 1 aromatic heterocycles. The van der Waals surface area contributed by atoms with E-state index in [0.717, 1.165) is 18.3 Å². The minimum absolute atomic E-state index is 0.498. The number of aromatic nitrogens is 2. The molecule has 1 N–H and O–H groups in total. The van der Waals surface area contributed by atoms with Gasteiger partial charge in [-0.2, -0.15) is 4.98 Å². The molecule has 0 amide bonds. The highest BCUT2D eigenvalue weighted by molar-refractivity contribution is 5.40. The zero-order valence-corrected chi connectivity index (χ0v) is 11.0. The summed E-state index contributed by atoms with van der Waals surface area (Å²) in [5.41, 5.74) is 0.498. The molecule has 1 aliphatic carbocycles. The van der Waals surface area contributed by atoms with Crippen molar-refractivity contribution in [2.75, 3.05) is 30.9 Å². The van der Waals surface area contributed by atoms with Gasteiger partial charge in [0.1, 0.15) is 5.82 Å². The zero-order valence-electron chi connectivity index (χ0n) is 11.0. The van der Waals surface area contributed by atoms with Gasteiger partial charge in [0.2, 0.25) is 5.95 Å². The van der Waals surface area contributed by atoms with Gasteiger partial charge in [0, 0.05) is 26.8 Å². The van der Waals surface area contributed by atoms with E-state index in [9.17, 15) is 0 Å². The number of nitrogens with zero attached hydrogens (tertiary/aromatic N) is 3. The molecule has 94 valence electrons. The average Bonchev–Trinajstić information content (AvgIpc) is 2.28. The standard InChI is InChI=1S/C13H22N4/c1-4-13(7-5-8-13)10-15-12-14-9-6-11(16-12)17(2)3/h6,9H,4-5,7-8,10H2,1-3H3,(H,14,15,16). The van der Waals surface area contributed by atoms with Crippen LogP contribution in [0.4, 0.5) is 11.8 Å². The Morgan fingerprint density at radius 2 is 2.18 bits per heavy atom. The fraction of sp³-hybridized carbons (Fsp3) is 0.692. The number of hydrogen-bond donors (Lipinski definition) is 1. The van der Waals surface area contributed by atoms with Crippen LogP contribution in [0.25, 0.3) is 0 Å². The lowest BCUT2D eigenvalue weighted by atomic mass is 9.67. The summed E-state index contributed by atoms with van der Waals surface area (Å²) in [6, 6.07) is 1.92. The van der Waals surface area contributed by atoms with Gasteiger partial charge in [0.15, 0.2) is 0 Å². The Hall–Kier alpha value is -1.32. The lowest BCUT2D eigenvalue weighted by Gasteiger charge is -2.41. The molecule has 0 unspecified atom stereocenters. The summed E-state index contributed by atoms with van der Waals surface area (Å²) in [4.78, 5) is 10.7. The molecule has 2 rings (SSSR count). The molecule has 1 aliphatic rings. The van der Waals surface area contributed by atoms with Gasteiger partial charge in [-0.1, -0.05) is 13.3 Å². The van der Waals surface area contributed by atoms with Gasteiger partial charge in [-0.25, -0.2) is 4.98 Å². The van der Waals surface area contributed by atoms with E-state index in [1.807, 2.05) is 31.3 Å². The van der Waals surface area contributed by atoms with Crippen molar-refractivity contribution in [2.24, 2.45) is 5.41 Å². The first-order valence-electron chi connectivity index (χ1n) is 6.39. The van der Waals surface area contributed by atoms with E-state index in [1.54, 1.807) is 0 Å². The predicted octanol–water partition coefficient (Wildman–Crippen LogP) is 2.53. The molecule has 0 bridgehead atoms. The minimum atomic E-state index is 0.498. The SMILES string of the molecule is CCC1(CNc2nccc(N(C)C)n2)CCC1. The van der Waals surface area contributed by atoms with E-state index in [2.05, 4.69) is 22.2 Å². The fourth-order valence-electron chi connectivity index (χ4n) is 2.28. The topological polar surface area (TPSA) is 41.1 Å². The molecule has 0 spiro atoms. The smallest absolute Gasteiger partial charge is 0.224 e. The molecule has 1 aromatic rings.